The van der Waals surface area contributed by atoms with Gasteiger partial charge in [-0.05, 0) is 59.9 Å². The number of fused-ring (bicyclic) bond motifs is 3. The van der Waals surface area contributed by atoms with E-state index in [-0.39, 0.29) is 22.8 Å². The largest absolute Gasteiger partial charge is 0.495 e. The van der Waals surface area contributed by atoms with Crippen molar-refractivity contribution in [1.82, 2.24) is 0 Å². The first kappa shape index (κ1) is 20.9. The predicted molar refractivity (Wildman–Crippen MR) is 128 cm³/mol. The highest BCUT2D eigenvalue weighted by molar-refractivity contribution is 7.92. The number of anilines is 2. The van der Waals surface area contributed by atoms with Crippen molar-refractivity contribution in [3.8, 4) is 5.75 Å². The second kappa shape index (κ2) is 8.19. The Morgan fingerprint density at radius 3 is 2.62 bits per heavy atom. The number of halogens is 1. The lowest BCUT2D eigenvalue weighted by Crippen LogP contribution is -2.29. The van der Waals surface area contributed by atoms with Gasteiger partial charge in [0.2, 0.25) is 0 Å². The molecular weight excluding hydrogens is 444 g/mol. The number of ether oxygens (including phenoxy) is 1. The fraction of sp³-hybridized carbons (Fsp3) is 0.200. The van der Waals surface area contributed by atoms with Gasteiger partial charge in [-0.2, -0.15) is 0 Å². The third-order valence-electron chi connectivity index (χ3n) is 6.24. The molecule has 1 aliphatic heterocycles. The molecule has 0 fully saturated rings. The van der Waals surface area contributed by atoms with E-state index in [0.29, 0.717) is 11.4 Å². The quantitative estimate of drug-likeness (QED) is 0.454. The monoisotopic (exact) mass is 466 g/mol. The van der Waals surface area contributed by atoms with E-state index in [2.05, 4.69) is 28.3 Å². The molecule has 1 aliphatic carbocycles. The average molecular weight is 467 g/mol. The van der Waals surface area contributed by atoms with Crippen molar-refractivity contribution in [2.45, 2.75) is 23.3 Å². The molecular formula is C25H23ClN2O3S. The zero-order valence-electron chi connectivity index (χ0n) is 17.5. The molecule has 5 nitrogen and oxygen atoms in total. The van der Waals surface area contributed by atoms with Crippen LogP contribution < -0.4 is 14.8 Å². The molecule has 1 heterocycles. The molecule has 3 atom stereocenters. The van der Waals surface area contributed by atoms with E-state index >= 15 is 0 Å². The molecule has 2 N–H and O–H groups in total. The van der Waals surface area contributed by atoms with Gasteiger partial charge in [-0.15, -0.1) is 0 Å². The maximum absolute atomic E-state index is 13.2. The van der Waals surface area contributed by atoms with Gasteiger partial charge in [0.05, 0.1) is 23.7 Å². The normalized spacial score (nSPS) is 21.4. The minimum Gasteiger partial charge on any atom is -0.495 e. The molecule has 0 spiro atoms. The lowest BCUT2D eigenvalue weighted by Gasteiger charge is -2.38. The van der Waals surface area contributed by atoms with Crippen molar-refractivity contribution in [2.24, 2.45) is 5.92 Å². The summed E-state index contributed by atoms with van der Waals surface area (Å²) in [5, 5.41) is 4.35. The number of hydrogen-bond acceptors (Lipinski definition) is 4. The Morgan fingerprint density at radius 1 is 1.03 bits per heavy atom. The fourth-order valence-electron chi connectivity index (χ4n) is 4.71. The van der Waals surface area contributed by atoms with Crippen LogP contribution in [0.15, 0.2) is 83.8 Å². The molecule has 0 unspecified atom stereocenters. The van der Waals surface area contributed by atoms with Crippen LogP contribution in [0.1, 0.15) is 29.5 Å². The molecule has 0 aromatic heterocycles. The lowest BCUT2D eigenvalue weighted by atomic mass is 9.77. The zero-order chi connectivity index (χ0) is 22.3. The average Bonchev–Trinajstić information content (AvgIpc) is 3.29. The minimum atomic E-state index is -3.78. The molecule has 3 aromatic rings. The van der Waals surface area contributed by atoms with Crippen LogP contribution in [-0.4, -0.2) is 15.5 Å². The molecule has 164 valence electrons. The summed E-state index contributed by atoms with van der Waals surface area (Å²) in [6.07, 6.45) is 5.26. The number of benzene rings is 3. The molecule has 3 aromatic carbocycles. The molecule has 0 saturated heterocycles. The van der Waals surface area contributed by atoms with Gasteiger partial charge in [-0.25, -0.2) is 8.42 Å². The van der Waals surface area contributed by atoms with Crippen molar-refractivity contribution in [1.29, 1.82) is 0 Å². The van der Waals surface area contributed by atoms with Gasteiger partial charge in [0.25, 0.3) is 10.0 Å². The van der Waals surface area contributed by atoms with E-state index in [1.54, 1.807) is 36.4 Å². The van der Waals surface area contributed by atoms with Gasteiger partial charge >= 0.3 is 0 Å². The first-order chi connectivity index (χ1) is 15.5. The molecule has 0 radical (unpaired) electrons. The van der Waals surface area contributed by atoms with Crippen LogP contribution >= 0.6 is 11.6 Å². The minimum absolute atomic E-state index is 0.0605. The summed E-state index contributed by atoms with van der Waals surface area (Å²) >= 11 is 6.50. The Labute approximate surface area is 193 Å². The Hall–Kier alpha value is -2.96. The third kappa shape index (κ3) is 3.63. The first-order valence-corrected chi connectivity index (χ1v) is 12.3. The van der Waals surface area contributed by atoms with Gasteiger partial charge in [-0.3, -0.25) is 4.72 Å². The molecule has 7 heteroatoms. The first-order valence-electron chi connectivity index (χ1n) is 10.5. The number of rotatable bonds is 5. The Morgan fingerprint density at radius 2 is 1.81 bits per heavy atom. The van der Waals surface area contributed by atoms with Crippen molar-refractivity contribution in [3.63, 3.8) is 0 Å². The number of para-hydroxylation sites is 2. The van der Waals surface area contributed by atoms with Crippen LogP contribution in [0.2, 0.25) is 5.02 Å². The highest BCUT2D eigenvalue weighted by Gasteiger charge is 2.39. The van der Waals surface area contributed by atoms with E-state index in [1.807, 2.05) is 24.3 Å². The summed E-state index contributed by atoms with van der Waals surface area (Å²) in [5.41, 5.74) is 3.38. The maximum Gasteiger partial charge on any atom is 0.262 e. The summed E-state index contributed by atoms with van der Waals surface area (Å²) in [6.45, 7) is 0. The lowest BCUT2D eigenvalue weighted by molar-refractivity contribution is 0.417. The molecule has 32 heavy (non-hydrogen) atoms. The predicted octanol–water partition coefficient (Wildman–Crippen LogP) is 5.98. The Balaban J connectivity index is 1.51. The van der Waals surface area contributed by atoms with E-state index in [0.717, 1.165) is 28.3 Å². The summed E-state index contributed by atoms with van der Waals surface area (Å²) in [7, 11) is -2.27. The number of allylic oxidation sites excluding steroid dienone is 2. The summed E-state index contributed by atoms with van der Waals surface area (Å²) in [6, 6.07) is 20.2. The fourth-order valence-corrected chi connectivity index (χ4v) is 6.07. The van der Waals surface area contributed by atoms with Crippen molar-refractivity contribution in [3.05, 3.63) is 95.0 Å². The topological polar surface area (TPSA) is 67.4 Å². The van der Waals surface area contributed by atoms with Crippen LogP contribution in [0.4, 0.5) is 11.4 Å². The van der Waals surface area contributed by atoms with E-state index in [9.17, 15) is 8.42 Å². The highest BCUT2D eigenvalue weighted by Crippen LogP contribution is 2.51. The van der Waals surface area contributed by atoms with Crippen LogP contribution in [0.5, 0.6) is 5.75 Å². The Kier molecular flexibility index (Phi) is 5.35. The van der Waals surface area contributed by atoms with Crippen molar-refractivity contribution in [2.75, 3.05) is 17.1 Å². The standard InChI is InChI=1S/C25H23ClN2O3S/c1-31-24-12-5-4-11-23(24)28-32(29,30)16-13-14-22-20(15-16)17-8-6-9-18(17)25(27-22)19-7-2-3-10-21(19)26/h2-8,10-15,17-18,25,27-28H,9H2,1H3/t17-,18+,25-/m1/s1. The van der Waals surface area contributed by atoms with Gasteiger partial charge < -0.3 is 10.1 Å². The van der Waals surface area contributed by atoms with Gasteiger partial charge in [0.15, 0.2) is 0 Å². The summed E-state index contributed by atoms with van der Waals surface area (Å²) < 4.78 is 34.2. The van der Waals surface area contributed by atoms with Crippen LogP contribution in [0, 0.1) is 5.92 Å². The van der Waals surface area contributed by atoms with Crippen molar-refractivity contribution >= 4 is 33.0 Å². The van der Waals surface area contributed by atoms with Crippen LogP contribution in [0.3, 0.4) is 0 Å². The number of methoxy groups -OCH3 is 1. The molecule has 0 saturated carbocycles. The van der Waals surface area contributed by atoms with Gasteiger partial charge in [0.1, 0.15) is 5.75 Å². The smallest absolute Gasteiger partial charge is 0.262 e. The van der Waals surface area contributed by atoms with Crippen LogP contribution in [-0.2, 0) is 10.0 Å². The second-order valence-electron chi connectivity index (χ2n) is 8.05. The number of hydrogen-bond donors (Lipinski definition) is 2. The molecule has 5 rings (SSSR count). The molecule has 0 bridgehead atoms. The second-order valence-corrected chi connectivity index (χ2v) is 10.1. The summed E-state index contributed by atoms with van der Waals surface area (Å²) in [4.78, 5) is 0.221. The molecule has 0 amide bonds. The van der Waals surface area contributed by atoms with E-state index < -0.39 is 10.0 Å². The van der Waals surface area contributed by atoms with E-state index in [4.69, 9.17) is 16.3 Å². The summed E-state index contributed by atoms with van der Waals surface area (Å²) in [5.74, 6) is 0.855. The number of nitrogens with one attached hydrogen (secondary N) is 2. The highest BCUT2D eigenvalue weighted by atomic mass is 35.5. The van der Waals surface area contributed by atoms with Gasteiger partial charge in [0, 0.05) is 16.6 Å². The third-order valence-corrected chi connectivity index (χ3v) is 7.94. The zero-order valence-corrected chi connectivity index (χ0v) is 19.0. The molecule has 2 aliphatic rings. The van der Waals surface area contributed by atoms with Gasteiger partial charge in [-0.1, -0.05) is 54.1 Å². The van der Waals surface area contributed by atoms with Crippen molar-refractivity contribution < 1.29 is 13.2 Å². The Bertz CT molecular complexity index is 1310. The van der Waals surface area contributed by atoms with E-state index in [1.165, 1.54) is 7.11 Å². The number of sulfonamides is 1. The maximum atomic E-state index is 13.2. The SMILES string of the molecule is COc1ccccc1NS(=O)(=O)c1ccc2c(c1)[C@@H]1C=CC[C@@H]1[C@H](c1ccccc1Cl)N2. The van der Waals surface area contributed by atoms with Crippen LogP contribution in [0.25, 0.3) is 0 Å².